The molecule has 1 N–H and O–H groups in total. The van der Waals surface area contributed by atoms with Crippen LogP contribution in [0.4, 0.5) is 0 Å². The van der Waals surface area contributed by atoms with Crippen molar-refractivity contribution in [3.63, 3.8) is 0 Å². The van der Waals surface area contributed by atoms with E-state index >= 15 is 0 Å². The lowest BCUT2D eigenvalue weighted by Crippen LogP contribution is -2.36. The lowest BCUT2D eigenvalue weighted by molar-refractivity contribution is -0.120. The number of Topliss-reactive ketones (excluding diaryl/α,β-unsaturated/α-hetero) is 2. The SMILES string of the molecule is CNC(CSSCC(C(C)=O)N(C)C)C(C)=O. The van der Waals surface area contributed by atoms with Crippen LogP contribution in [-0.4, -0.2) is 61.2 Å². The molecule has 0 radical (unpaired) electrons. The Hall–Kier alpha value is -0.0400. The van der Waals surface area contributed by atoms with E-state index in [2.05, 4.69) is 5.32 Å². The summed E-state index contributed by atoms with van der Waals surface area (Å²) < 4.78 is 0. The molecule has 0 heterocycles. The Morgan fingerprint density at radius 1 is 1.12 bits per heavy atom. The molecule has 0 aliphatic carbocycles. The maximum Gasteiger partial charge on any atom is 0.147 e. The third kappa shape index (κ3) is 7.08. The second kappa shape index (κ2) is 8.97. The first-order chi connectivity index (χ1) is 7.90. The number of rotatable bonds is 9. The Morgan fingerprint density at radius 3 is 2.00 bits per heavy atom. The smallest absolute Gasteiger partial charge is 0.147 e. The Bertz CT molecular complexity index is 260. The van der Waals surface area contributed by atoms with Gasteiger partial charge >= 0.3 is 0 Å². The fourth-order valence-corrected chi connectivity index (χ4v) is 4.03. The fraction of sp³-hybridized carbons (Fsp3) is 0.818. The summed E-state index contributed by atoms with van der Waals surface area (Å²) in [7, 11) is 8.87. The Morgan fingerprint density at radius 2 is 1.65 bits per heavy atom. The number of carbonyl (C=O) groups excluding carboxylic acids is 2. The molecule has 0 aromatic carbocycles. The van der Waals surface area contributed by atoms with E-state index in [0.29, 0.717) is 0 Å². The molecule has 0 aromatic heterocycles. The van der Waals surface area contributed by atoms with Crippen molar-refractivity contribution in [1.29, 1.82) is 0 Å². The Labute approximate surface area is 112 Å². The topological polar surface area (TPSA) is 49.4 Å². The highest BCUT2D eigenvalue weighted by Gasteiger charge is 2.17. The number of carbonyl (C=O) groups is 2. The highest BCUT2D eigenvalue weighted by Crippen LogP contribution is 2.24. The van der Waals surface area contributed by atoms with Crippen LogP contribution in [0.5, 0.6) is 0 Å². The minimum Gasteiger partial charge on any atom is -0.310 e. The molecule has 0 fully saturated rings. The van der Waals surface area contributed by atoms with E-state index in [9.17, 15) is 9.59 Å². The molecule has 4 nitrogen and oxygen atoms in total. The lowest BCUT2D eigenvalue weighted by atomic mass is 10.2. The quantitative estimate of drug-likeness (QED) is 0.503. The number of nitrogens with zero attached hydrogens (tertiary/aromatic N) is 1. The van der Waals surface area contributed by atoms with E-state index in [-0.39, 0.29) is 23.7 Å². The second-order valence-corrected chi connectivity index (χ2v) is 6.66. The molecule has 2 atom stereocenters. The third-order valence-electron chi connectivity index (χ3n) is 2.48. The lowest BCUT2D eigenvalue weighted by Gasteiger charge is -2.21. The van der Waals surface area contributed by atoms with E-state index in [1.54, 1.807) is 42.5 Å². The van der Waals surface area contributed by atoms with Crippen LogP contribution >= 0.6 is 21.6 Å². The first-order valence-corrected chi connectivity index (χ1v) is 7.98. The van der Waals surface area contributed by atoms with Crippen LogP contribution < -0.4 is 5.32 Å². The number of hydrogen-bond acceptors (Lipinski definition) is 6. The van der Waals surface area contributed by atoms with Gasteiger partial charge in [-0.05, 0) is 35.0 Å². The molecule has 17 heavy (non-hydrogen) atoms. The van der Waals surface area contributed by atoms with Crippen molar-refractivity contribution in [3.8, 4) is 0 Å². The third-order valence-corrected chi connectivity index (χ3v) is 4.88. The summed E-state index contributed by atoms with van der Waals surface area (Å²) in [6, 6.07) is -0.138. The summed E-state index contributed by atoms with van der Waals surface area (Å²) in [5.41, 5.74) is 0. The van der Waals surface area contributed by atoms with Gasteiger partial charge in [0.1, 0.15) is 11.6 Å². The van der Waals surface area contributed by atoms with Crippen LogP contribution in [0.15, 0.2) is 0 Å². The standard InChI is InChI=1S/C11H22N2O2S2/c1-8(14)10(12-3)6-16-17-7-11(9(2)15)13(4)5/h10-12H,6-7H2,1-5H3. The monoisotopic (exact) mass is 278 g/mol. The van der Waals surface area contributed by atoms with E-state index in [0.717, 1.165) is 11.5 Å². The molecule has 2 unspecified atom stereocenters. The molecule has 0 spiro atoms. The largest absolute Gasteiger partial charge is 0.310 e. The maximum absolute atomic E-state index is 11.3. The number of likely N-dealkylation sites (N-methyl/N-ethyl adjacent to an activating group) is 2. The van der Waals surface area contributed by atoms with E-state index in [1.807, 2.05) is 19.0 Å². The van der Waals surface area contributed by atoms with E-state index in [1.165, 1.54) is 0 Å². The summed E-state index contributed by atoms with van der Waals surface area (Å²) >= 11 is 0. The van der Waals surface area contributed by atoms with Crippen LogP contribution in [0, 0.1) is 0 Å². The maximum atomic E-state index is 11.3. The molecular weight excluding hydrogens is 256 g/mol. The number of hydrogen-bond donors (Lipinski definition) is 1. The molecule has 0 saturated heterocycles. The molecule has 0 aliphatic rings. The van der Waals surface area contributed by atoms with Gasteiger partial charge in [-0.1, -0.05) is 21.6 Å². The molecule has 0 saturated carbocycles. The van der Waals surface area contributed by atoms with Crippen molar-refractivity contribution in [2.75, 3.05) is 32.6 Å². The number of nitrogens with one attached hydrogen (secondary N) is 1. The normalized spacial score (nSPS) is 14.7. The molecular formula is C11H22N2O2S2. The van der Waals surface area contributed by atoms with Crippen LogP contribution in [-0.2, 0) is 9.59 Å². The minimum atomic E-state index is -0.0948. The fourth-order valence-electron chi connectivity index (χ4n) is 1.26. The van der Waals surface area contributed by atoms with E-state index in [4.69, 9.17) is 0 Å². The van der Waals surface area contributed by atoms with Crippen molar-refractivity contribution in [2.45, 2.75) is 25.9 Å². The van der Waals surface area contributed by atoms with Gasteiger partial charge in [0.25, 0.3) is 0 Å². The van der Waals surface area contributed by atoms with Gasteiger partial charge in [-0.15, -0.1) is 0 Å². The van der Waals surface area contributed by atoms with Gasteiger partial charge < -0.3 is 5.32 Å². The zero-order valence-corrected chi connectivity index (χ0v) is 12.8. The van der Waals surface area contributed by atoms with Gasteiger partial charge in [-0.25, -0.2) is 0 Å². The van der Waals surface area contributed by atoms with Gasteiger partial charge in [0.15, 0.2) is 0 Å². The summed E-state index contributed by atoms with van der Waals surface area (Å²) in [6.07, 6.45) is 0. The summed E-state index contributed by atoms with van der Waals surface area (Å²) in [5, 5.41) is 2.97. The summed E-state index contributed by atoms with van der Waals surface area (Å²) in [4.78, 5) is 24.4. The molecule has 0 aromatic rings. The zero-order chi connectivity index (χ0) is 13.4. The average molecular weight is 278 g/mol. The first kappa shape index (κ1) is 17.0. The molecule has 0 bridgehead atoms. The highest BCUT2D eigenvalue weighted by atomic mass is 33.1. The van der Waals surface area contributed by atoms with Crippen LogP contribution in [0.25, 0.3) is 0 Å². The van der Waals surface area contributed by atoms with E-state index < -0.39 is 0 Å². The highest BCUT2D eigenvalue weighted by molar-refractivity contribution is 8.76. The van der Waals surface area contributed by atoms with Crippen LogP contribution in [0.3, 0.4) is 0 Å². The van der Waals surface area contributed by atoms with Crippen LogP contribution in [0.2, 0.25) is 0 Å². The molecule has 6 heteroatoms. The average Bonchev–Trinajstić information content (AvgIpc) is 2.21. The van der Waals surface area contributed by atoms with Crippen LogP contribution in [0.1, 0.15) is 13.8 Å². The van der Waals surface area contributed by atoms with Crippen molar-refractivity contribution >= 4 is 33.2 Å². The predicted octanol–water partition coefficient (Wildman–Crippen LogP) is 1.06. The van der Waals surface area contributed by atoms with Gasteiger partial charge in [-0.3, -0.25) is 14.5 Å². The molecule has 0 amide bonds. The van der Waals surface area contributed by atoms with Gasteiger partial charge in [0, 0.05) is 11.5 Å². The Kier molecular flexibility index (Phi) is 8.94. The summed E-state index contributed by atoms with van der Waals surface area (Å²) in [5.74, 6) is 1.81. The van der Waals surface area contributed by atoms with Gasteiger partial charge in [-0.2, -0.15) is 0 Å². The molecule has 100 valence electrons. The molecule has 0 rings (SSSR count). The first-order valence-electron chi connectivity index (χ1n) is 5.49. The van der Waals surface area contributed by atoms with Crippen molar-refractivity contribution in [2.24, 2.45) is 0 Å². The Balaban J connectivity index is 3.90. The van der Waals surface area contributed by atoms with Crippen molar-refractivity contribution < 1.29 is 9.59 Å². The zero-order valence-electron chi connectivity index (χ0n) is 11.1. The predicted molar refractivity (Wildman–Crippen MR) is 76.6 cm³/mol. The summed E-state index contributed by atoms with van der Waals surface area (Å²) in [6.45, 7) is 3.20. The molecule has 0 aliphatic heterocycles. The van der Waals surface area contributed by atoms with Crippen molar-refractivity contribution in [3.05, 3.63) is 0 Å². The van der Waals surface area contributed by atoms with Gasteiger partial charge in [0.05, 0.1) is 12.1 Å². The van der Waals surface area contributed by atoms with Crippen molar-refractivity contribution in [1.82, 2.24) is 10.2 Å². The minimum absolute atomic E-state index is 0.0436. The number of ketones is 2. The van der Waals surface area contributed by atoms with Gasteiger partial charge in [0.2, 0.25) is 0 Å². The second-order valence-electron chi connectivity index (χ2n) is 4.11.